The predicted molar refractivity (Wildman–Crippen MR) is 63.6 cm³/mol. The molecule has 1 aromatic heterocycles. The molecule has 0 aliphatic carbocycles. The summed E-state index contributed by atoms with van der Waals surface area (Å²) in [6.07, 6.45) is 3.36. The van der Waals surface area contributed by atoms with E-state index in [0.717, 1.165) is 16.6 Å². The Balaban J connectivity index is 0.000000845. The standard InChI is InChI=1S/C9H7ClN2.2ClH/c10-6-7-1-2-8-9(5-7)12-4-3-11-8;;/h1-5H,6H2;2*1H. The molecule has 2 aromatic rings. The van der Waals surface area contributed by atoms with Gasteiger partial charge in [0.25, 0.3) is 0 Å². The maximum absolute atomic E-state index is 5.68. The van der Waals surface area contributed by atoms with Gasteiger partial charge >= 0.3 is 0 Å². The molecule has 5 heteroatoms. The third kappa shape index (κ3) is 2.71. The molecule has 0 saturated carbocycles. The molecule has 0 radical (unpaired) electrons. The molecule has 76 valence electrons. The van der Waals surface area contributed by atoms with Gasteiger partial charge in [-0.15, -0.1) is 36.4 Å². The van der Waals surface area contributed by atoms with Gasteiger partial charge in [0.1, 0.15) is 0 Å². The zero-order chi connectivity index (χ0) is 8.39. The Kier molecular flexibility index (Phi) is 5.77. The monoisotopic (exact) mass is 250 g/mol. The van der Waals surface area contributed by atoms with Crippen LogP contribution in [0.3, 0.4) is 0 Å². The molecule has 0 unspecified atom stereocenters. The molecule has 2 nitrogen and oxygen atoms in total. The molecule has 0 saturated heterocycles. The fourth-order valence-corrected chi connectivity index (χ4v) is 1.26. The fraction of sp³-hybridized carbons (Fsp3) is 0.111. The summed E-state index contributed by atoms with van der Waals surface area (Å²) in [6, 6.07) is 5.85. The van der Waals surface area contributed by atoms with Crippen LogP contribution in [0.2, 0.25) is 0 Å². The average Bonchev–Trinajstić information content (AvgIpc) is 2.17. The molecule has 1 heterocycles. The molecule has 0 aliphatic rings. The van der Waals surface area contributed by atoms with Crippen molar-refractivity contribution in [1.29, 1.82) is 0 Å². The summed E-state index contributed by atoms with van der Waals surface area (Å²) in [4.78, 5) is 8.32. The summed E-state index contributed by atoms with van der Waals surface area (Å²) in [5, 5.41) is 0. The number of nitrogens with zero attached hydrogens (tertiary/aromatic N) is 2. The summed E-state index contributed by atoms with van der Waals surface area (Å²) in [7, 11) is 0. The minimum absolute atomic E-state index is 0. The van der Waals surface area contributed by atoms with Crippen LogP contribution in [0.1, 0.15) is 5.56 Å². The van der Waals surface area contributed by atoms with Gasteiger partial charge < -0.3 is 0 Å². The van der Waals surface area contributed by atoms with Crippen molar-refractivity contribution in [3.8, 4) is 0 Å². The summed E-state index contributed by atoms with van der Waals surface area (Å²) in [6.45, 7) is 0. The molecule has 0 spiro atoms. The summed E-state index contributed by atoms with van der Waals surface area (Å²) < 4.78 is 0. The van der Waals surface area contributed by atoms with Crippen LogP contribution >= 0.6 is 36.4 Å². The van der Waals surface area contributed by atoms with Crippen molar-refractivity contribution >= 4 is 47.4 Å². The van der Waals surface area contributed by atoms with Gasteiger partial charge in [-0.25, -0.2) is 0 Å². The van der Waals surface area contributed by atoms with Crippen LogP contribution in [0.5, 0.6) is 0 Å². The first-order valence-electron chi connectivity index (χ1n) is 3.66. The van der Waals surface area contributed by atoms with E-state index in [9.17, 15) is 0 Å². The number of benzene rings is 1. The summed E-state index contributed by atoms with van der Waals surface area (Å²) >= 11 is 5.68. The van der Waals surface area contributed by atoms with E-state index in [1.807, 2.05) is 18.2 Å². The van der Waals surface area contributed by atoms with Crippen LogP contribution in [0.15, 0.2) is 30.6 Å². The fourth-order valence-electron chi connectivity index (χ4n) is 1.09. The van der Waals surface area contributed by atoms with Crippen LogP contribution in [0.4, 0.5) is 0 Å². The molecule has 0 bridgehead atoms. The van der Waals surface area contributed by atoms with Gasteiger partial charge in [-0.2, -0.15) is 0 Å². The Morgan fingerprint density at radius 2 is 1.64 bits per heavy atom. The minimum Gasteiger partial charge on any atom is -0.253 e. The van der Waals surface area contributed by atoms with Gasteiger partial charge in [0.2, 0.25) is 0 Å². The highest BCUT2D eigenvalue weighted by atomic mass is 35.5. The number of halogens is 3. The van der Waals surface area contributed by atoms with E-state index in [2.05, 4.69) is 9.97 Å². The van der Waals surface area contributed by atoms with Gasteiger partial charge in [-0.3, -0.25) is 9.97 Å². The van der Waals surface area contributed by atoms with Gasteiger partial charge in [0, 0.05) is 18.3 Å². The second kappa shape index (κ2) is 6.02. The molecule has 0 amide bonds. The van der Waals surface area contributed by atoms with Crippen molar-refractivity contribution in [2.75, 3.05) is 0 Å². The second-order valence-electron chi connectivity index (χ2n) is 2.51. The molecule has 0 fully saturated rings. The van der Waals surface area contributed by atoms with E-state index in [1.54, 1.807) is 12.4 Å². The van der Waals surface area contributed by atoms with Crippen LogP contribution in [-0.2, 0) is 5.88 Å². The zero-order valence-electron chi connectivity index (χ0n) is 7.18. The SMILES string of the molecule is Cl.Cl.ClCc1ccc2nccnc2c1. The maximum atomic E-state index is 5.68. The Bertz CT molecular complexity index is 406. The van der Waals surface area contributed by atoms with E-state index < -0.39 is 0 Å². The van der Waals surface area contributed by atoms with Gasteiger partial charge in [-0.05, 0) is 17.7 Å². The van der Waals surface area contributed by atoms with Crippen molar-refractivity contribution < 1.29 is 0 Å². The Hall–Kier alpha value is -0.570. The Morgan fingerprint density at radius 1 is 1.00 bits per heavy atom. The van der Waals surface area contributed by atoms with Gasteiger partial charge in [-0.1, -0.05) is 6.07 Å². The molecule has 0 N–H and O–H groups in total. The number of rotatable bonds is 1. The third-order valence-corrected chi connectivity index (χ3v) is 2.00. The topological polar surface area (TPSA) is 25.8 Å². The van der Waals surface area contributed by atoms with E-state index >= 15 is 0 Å². The zero-order valence-corrected chi connectivity index (χ0v) is 9.57. The number of alkyl halides is 1. The van der Waals surface area contributed by atoms with Gasteiger partial charge in [0.05, 0.1) is 11.0 Å². The third-order valence-electron chi connectivity index (χ3n) is 1.69. The first-order valence-corrected chi connectivity index (χ1v) is 4.19. The van der Waals surface area contributed by atoms with E-state index in [-0.39, 0.29) is 24.8 Å². The number of hydrogen-bond acceptors (Lipinski definition) is 2. The number of hydrogen-bond donors (Lipinski definition) is 0. The lowest BCUT2D eigenvalue weighted by Crippen LogP contribution is -1.83. The molecule has 2 rings (SSSR count). The minimum atomic E-state index is 0. The highest BCUT2D eigenvalue weighted by Crippen LogP contribution is 2.11. The van der Waals surface area contributed by atoms with Crippen molar-refractivity contribution in [3.05, 3.63) is 36.2 Å². The normalized spacial score (nSPS) is 8.93. The quantitative estimate of drug-likeness (QED) is 0.727. The highest BCUT2D eigenvalue weighted by Gasteiger charge is 1.95. The van der Waals surface area contributed by atoms with Crippen LogP contribution < -0.4 is 0 Å². The number of aromatic nitrogens is 2. The first-order chi connectivity index (χ1) is 5.90. The van der Waals surface area contributed by atoms with Crippen molar-refractivity contribution in [3.63, 3.8) is 0 Å². The average molecular weight is 252 g/mol. The van der Waals surface area contributed by atoms with Gasteiger partial charge in [0.15, 0.2) is 0 Å². The smallest absolute Gasteiger partial charge is 0.0889 e. The van der Waals surface area contributed by atoms with Crippen LogP contribution in [0, 0.1) is 0 Å². The largest absolute Gasteiger partial charge is 0.253 e. The van der Waals surface area contributed by atoms with Crippen LogP contribution in [-0.4, -0.2) is 9.97 Å². The molecular weight excluding hydrogens is 242 g/mol. The molecule has 14 heavy (non-hydrogen) atoms. The maximum Gasteiger partial charge on any atom is 0.0889 e. The molecule has 0 atom stereocenters. The number of fused-ring (bicyclic) bond motifs is 1. The Morgan fingerprint density at radius 3 is 2.29 bits per heavy atom. The van der Waals surface area contributed by atoms with Crippen molar-refractivity contribution in [2.24, 2.45) is 0 Å². The van der Waals surface area contributed by atoms with Crippen molar-refractivity contribution in [2.45, 2.75) is 5.88 Å². The van der Waals surface area contributed by atoms with Crippen LogP contribution in [0.25, 0.3) is 11.0 Å². The molecule has 1 aromatic carbocycles. The lowest BCUT2D eigenvalue weighted by Gasteiger charge is -1.97. The van der Waals surface area contributed by atoms with E-state index in [4.69, 9.17) is 11.6 Å². The second-order valence-corrected chi connectivity index (χ2v) is 2.78. The first kappa shape index (κ1) is 13.4. The lowest BCUT2D eigenvalue weighted by atomic mass is 10.2. The van der Waals surface area contributed by atoms with E-state index in [1.165, 1.54) is 0 Å². The summed E-state index contributed by atoms with van der Waals surface area (Å²) in [5.74, 6) is 0.520. The highest BCUT2D eigenvalue weighted by molar-refractivity contribution is 6.17. The molecule has 0 aliphatic heterocycles. The lowest BCUT2D eigenvalue weighted by molar-refractivity contribution is 1.28. The molecular formula is C9H9Cl3N2. The van der Waals surface area contributed by atoms with E-state index in [0.29, 0.717) is 5.88 Å². The predicted octanol–water partition coefficient (Wildman–Crippen LogP) is 3.21. The van der Waals surface area contributed by atoms with Crippen molar-refractivity contribution in [1.82, 2.24) is 9.97 Å². The Labute approximate surface area is 99.5 Å². The summed E-state index contributed by atoms with van der Waals surface area (Å²) in [5.41, 5.74) is 2.88.